The average Bonchev–Trinajstić information content (AvgIpc) is 2.32. The molecule has 0 heterocycles. The highest BCUT2D eigenvalue weighted by Gasteiger charge is 2.25. The number of esters is 1. The minimum absolute atomic E-state index is 0.0514. The fraction of sp³-hybridized carbons (Fsp3) is 0.909. The van der Waals surface area contributed by atoms with Crippen LogP contribution in [0.15, 0.2) is 0 Å². The van der Waals surface area contributed by atoms with E-state index in [1.165, 1.54) is 0 Å². The molecule has 0 bridgehead atoms. The van der Waals surface area contributed by atoms with Crippen molar-refractivity contribution in [2.24, 2.45) is 0 Å². The van der Waals surface area contributed by atoms with Crippen LogP contribution in [0, 0.1) is 0 Å². The Labute approximate surface area is 119 Å². The van der Waals surface area contributed by atoms with E-state index in [1.54, 1.807) is 6.92 Å². The molecule has 0 saturated carbocycles. The molecule has 0 aromatic carbocycles. The Hall–Kier alpha value is -0.500. The third kappa shape index (κ3) is 10.3. The maximum absolute atomic E-state index is 11.6. The molecule has 0 aliphatic rings. The van der Waals surface area contributed by atoms with Crippen molar-refractivity contribution in [3.05, 3.63) is 0 Å². The van der Waals surface area contributed by atoms with Gasteiger partial charge in [0.05, 0.1) is 34.4 Å². The standard InChI is InChI=1S/C11H24NO7P/c1-5-11(14)19-10(8-13)9-18-20(15,16)17-7-6-12(2,3)4/h10,13H,5-9H2,1-4H3/p+1/t10-/m1/s1. The topological polar surface area (TPSA) is 102 Å². The van der Waals surface area contributed by atoms with E-state index in [9.17, 15) is 14.3 Å². The smallest absolute Gasteiger partial charge is 0.457 e. The zero-order valence-corrected chi connectivity index (χ0v) is 13.3. The first kappa shape index (κ1) is 19.5. The Morgan fingerprint density at radius 3 is 2.35 bits per heavy atom. The molecule has 1 unspecified atom stereocenters. The van der Waals surface area contributed by atoms with Crippen LogP contribution in [-0.4, -0.2) is 74.1 Å². The Balaban J connectivity index is 4.12. The molecule has 0 fully saturated rings. The third-order valence-electron chi connectivity index (χ3n) is 2.23. The first-order valence-corrected chi connectivity index (χ1v) is 7.82. The second kappa shape index (κ2) is 8.71. The number of carbonyl (C=O) groups excluding carboxylic acids is 1. The maximum atomic E-state index is 11.6. The Bertz CT molecular complexity index is 342. The number of aliphatic hydroxyl groups is 1. The van der Waals surface area contributed by atoms with Gasteiger partial charge in [-0.2, -0.15) is 0 Å². The molecule has 0 rings (SSSR count). The summed E-state index contributed by atoms with van der Waals surface area (Å²) in [5, 5.41) is 8.98. The van der Waals surface area contributed by atoms with Crippen LogP contribution in [0.1, 0.15) is 13.3 Å². The number of phosphoric ester groups is 1. The van der Waals surface area contributed by atoms with Gasteiger partial charge in [0.25, 0.3) is 0 Å². The first-order chi connectivity index (χ1) is 9.09. The largest absolute Gasteiger partial charge is 0.472 e. The number of hydrogen-bond donors (Lipinski definition) is 2. The van der Waals surface area contributed by atoms with Crippen LogP contribution in [0.4, 0.5) is 0 Å². The summed E-state index contributed by atoms with van der Waals surface area (Å²) in [5.41, 5.74) is 0. The number of aliphatic hydroxyl groups excluding tert-OH is 1. The van der Waals surface area contributed by atoms with Crippen molar-refractivity contribution in [2.45, 2.75) is 19.4 Å². The lowest BCUT2D eigenvalue weighted by Gasteiger charge is -2.24. The fourth-order valence-electron chi connectivity index (χ4n) is 1.04. The number of phosphoric acid groups is 1. The molecular weight excluding hydrogens is 289 g/mol. The molecule has 20 heavy (non-hydrogen) atoms. The van der Waals surface area contributed by atoms with Crippen molar-refractivity contribution in [2.75, 3.05) is 47.5 Å². The van der Waals surface area contributed by atoms with E-state index in [2.05, 4.69) is 4.52 Å². The fourth-order valence-corrected chi connectivity index (χ4v) is 1.78. The predicted octanol–water partition coefficient (Wildman–Crippen LogP) is 0.140. The summed E-state index contributed by atoms with van der Waals surface area (Å²) in [6.07, 6.45) is -0.835. The van der Waals surface area contributed by atoms with Gasteiger partial charge in [0.15, 0.2) is 0 Å². The van der Waals surface area contributed by atoms with E-state index in [0.717, 1.165) is 0 Å². The quantitative estimate of drug-likeness (QED) is 0.336. The van der Waals surface area contributed by atoms with Crippen molar-refractivity contribution in [1.29, 1.82) is 0 Å². The van der Waals surface area contributed by atoms with Crippen LogP contribution >= 0.6 is 7.82 Å². The van der Waals surface area contributed by atoms with E-state index in [4.69, 9.17) is 14.4 Å². The van der Waals surface area contributed by atoms with Gasteiger partial charge in [-0.25, -0.2) is 4.57 Å². The van der Waals surface area contributed by atoms with Gasteiger partial charge >= 0.3 is 13.8 Å². The summed E-state index contributed by atoms with van der Waals surface area (Å²) < 4.78 is 26.4. The first-order valence-electron chi connectivity index (χ1n) is 6.32. The monoisotopic (exact) mass is 314 g/mol. The lowest BCUT2D eigenvalue weighted by Crippen LogP contribution is -2.37. The van der Waals surface area contributed by atoms with Crippen molar-refractivity contribution in [3.8, 4) is 0 Å². The molecule has 0 saturated heterocycles. The van der Waals surface area contributed by atoms with Crippen LogP contribution in [0.25, 0.3) is 0 Å². The van der Waals surface area contributed by atoms with E-state index >= 15 is 0 Å². The zero-order valence-electron chi connectivity index (χ0n) is 12.4. The van der Waals surface area contributed by atoms with Gasteiger partial charge in [-0.15, -0.1) is 0 Å². The molecule has 0 aromatic heterocycles. The van der Waals surface area contributed by atoms with Gasteiger partial charge in [-0.3, -0.25) is 13.8 Å². The number of carbonyl (C=O) groups is 1. The summed E-state index contributed by atoms with van der Waals surface area (Å²) in [6.45, 7) is 1.28. The second-order valence-electron chi connectivity index (χ2n) is 5.26. The van der Waals surface area contributed by atoms with E-state index < -0.39 is 33.1 Å². The van der Waals surface area contributed by atoms with Gasteiger partial charge in [-0.1, -0.05) is 6.92 Å². The molecule has 0 amide bonds. The summed E-state index contributed by atoms with van der Waals surface area (Å²) >= 11 is 0. The maximum Gasteiger partial charge on any atom is 0.472 e. The van der Waals surface area contributed by atoms with Crippen molar-refractivity contribution in [1.82, 2.24) is 0 Å². The van der Waals surface area contributed by atoms with Crippen LogP contribution < -0.4 is 0 Å². The highest BCUT2D eigenvalue weighted by Crippen LogP contribution is 2.43. The number of rotatable bonds is 10. The van der Waals surface area contributed by atoms with E-state index in [0.29, 0.717) is 11.0 Å². The number of hydrogen-bond acceptors (Lipinski definition) is 6. The molecule has 2 N–H and O–H groups in total. The van der Waals surface area contributed by atoms with Crippen LogP contribution in [0.3, 0.4) is 0 Å². The molecule has 9 heteroatoms. The Morgan fingerprint density at radius 2 is 1.90 bits per heavy atom. The van der Waals surface area contributed by atoms with Crippen LogP contribution in [0.5, 0.6) is 0 Å². The predicted molar refractivity (Wildman–Crippen MR) is 71.9 cm³/mol. The van der Waals surface area contributed by atoms with Gasteiger partial charge < -0.3 is 19.2 Å². The number of ether oxygens (including phenoxy) is 1. The molecule has 2 atom stereocenters. The average molecular weight is 314 g/mol. The zero-order chi connectivity index (χ0) is 15.8. The van der Waals surface area contributed by atoms with Crippen LogP contribution in [0.2, 0.25) is 0 Å². The van der Waals surface area contributed by atoms with Gasteiger partial charge in [0, 0.05) is 6.42 Å². The highest BCUT2D eigenvalue weighted by molar-refractivity contribution is 7.47. The number of nitrogens with zero attached hydrogens (tertiary/aromatic N) is 1. The molecule has 0 aliphatic carbocycles. The van der Waals surface area contributed by atoms with Gasteiger partial charge in [0.2, 0.25) is 0 Å². The van der Waals surface area contributed by atoms with Crippen LogP contribution in [-0.2, 0) is 23.1 Å². The van der Waals surface area contributed by atoms with Crippen molar-refractivity contribution < 1.29 is 37.6 Å². The van der Waals surface area contributed by atoms with E-state index in [1.807, 2.05) is 21.1 Å². The Morgan fingerprint density at radius 1 is 1.30 bits per heavy atom. The summed E-state index contributed by atoms with van der Waals surface area (Å²) in [7, 11) is 1.54. The molecule has 8 nitrogen and oxygen atoms in total. The molecule has 0 aliphatic heterocycles. The SMILES string of the molecule is CCC(=O)O[C@H](CO)COP(=O)(O)OCC[N+](C)(C)C. The summed E-state index contributed by atoms with van der Waals surface area (Å²) in [6, 6.07) is 0. The minimum Gasteiger partial charge on any atom is -0.457 e. The molecular formula is C11H25NO7P+. The van der Waals surface area contributed by atoms with E-state index in [-0.39, 0.29) is 13.0 Å². The number of likely N-dealkylation sites (N-methyl/N-ethyl adjacent to an activating group) is 1. The highest BCUT2D eigenvalue weighted by atomic mass is 31.2. The van der Waals surface area contributed by atoms with Gasteiger partial charge in [-0.05, 0) is 0 Å². The molecule has 0 spiro atoms. The van der Waals surface area contributed by atoms with Crippen molar-refractivity contribution in [3.63, 3.8) is 0 Å². The summed E-state index contributed by atoms with van der Waals surface area (Å²) in [5.74, 6) is -0.522. The lowest BCUT2D eigenvalue weighted by atomic mass is 10.4. The molecule has 0 aromatic rings. The second-order valence-corrected chi connectivity index (χ2v) is 6.71. The normalized spacial score (nSPS) is 16.5. The minimum atomic E-state index is -4.21. The molecule has 0 radical (unpaired) electrons. The van der Waals surface area contributed by atoms with Gasteiger partial charge in [0.1, 0.15) is 19.3 Å². The lowest BCUT2D eigenvalue weighted by molar-refractivity contribution is -0.870. The Kier molecular flexibility index (Phi) is 8.50. The molecule has 120 valence electrons. The van der Waals surface area contributed by atoms with Crippen molar-refractivity contribution >= 4 is 13.8 Å². The third-order valence-corrected chi connectivity index (χ3v) is 3.21. The number of quaternary nitrogens is 1. The summed E-state index contributed by atoms with van der Waals surface area (Å²) in [4.78, 5) is 20.5.